The van der Waals surface area contributed by atoms with Crippen molar-refractivity contribution in [2.24, 2.45) is 0 Å². The molecule has 0 amide bonds. The van der Waals surface area contributed by atoms with Gasteiger partial charge in [-0.2, -0.15) is 0 Å². The van der Waals surface area contributed by atoms with Crippen LogP contribution < -0.4 is 25.9 Å². The highest BCUT2D eigenvalue weighted by molar-refractivity contribution is 7.14. The van der Waals surface area contributed by atoms with Crippen LogP contribution in [0.4, 0.5) is 0 Å². The largest absolute Gasteiger partial charge is 0.439 e. The number of rotatable bonds is 14. The molecule has 5 rings (SSSR count). The zero-order chi connectivity index (χ0) is 28.2. The van der Waals surface area contributed by atoms with Crippen molar-refractivity contribution < 1.29 is 4.12 Å². The predicted molar refractivity (Wildman–Crippen MR) is 181 cm³/mol. The molecule has 0 saturated carbocycles. The van der Waals surface area contributed by atoms with Gasteiger partial charge in [0, 0.05) is 0 Å². The summed E-state index contributed by atoms with van der Waals surface area (Å²) in [6, 6.07) is 56.6. The molecular formula is C38H42OSi2. The Bertz CT molecular complexity index is 1290. The average Bonchev–Trinajstić information content (AvgIpc) is 3.06. The lowest BCUT2D eigenvalue weighted by atomic mass is 10.1. The number of benzene rings is 5. The lowest BCUT2D eigenvalue weighted by molar-refractivity contribution is 0.565. The van der Waals surface area contributed by atoms with E-state index in [0.717, 1.165) is 6.04 Å². The van der Waals surface area contributed by atoms with Crippen molar-refractivity contribution in [2.75, 3.05) is 0 Å². The van der Waals surface area contributed by atoms with Crippen LogP contribution in [0, 0.1) is 0 Å². The first-order chi connectivity index (χ1) is 20.3. The van der Waals surface area contributed by atoms with Crippen LogP contribution in [0.3, 0.4) is 0 Å². The Morgan fingerprint density at radius 3 is 1.07 bits per heavy atom. The third-order valence-electron chi connectivity index (χ3n) is 8.23. The van der Waals surface area contributed by atoms with Gasteiger partial charge in [0.25, 0.3) is 8.32 Å². The zero-order valence-corrected chi connectivity index (χ0v) is 26.3. The molecule has 0 unspecified atom stereocenters. The van der Waals surface area contributed by atoms with Crippen LogP contribution in [-0.4, -0.2) is 16.6 Å². The van der Waals surface area contributed by atoms with Crippen molar-refractivity contribution in [3.8, 4) is 0 Å². The van der Waals surface area contributed by atoms with Crippen LogP contribution in [0.1, 0.15) is 45.4 Å². The molecule has 41 heavy (non-hydrogen) atoms. The highest BCUT2D eigenvalue weighted by Gasteiger charge is 2.51. The normalized spacial score (nSPS) is 11.8. The predicted octanol–water partition coefficient (Wildman–Crippen LogP) is 6.79. The fourth-order valence-electron chi connectivity index (χ4n) is 6.15. The Labute approximate surface area is 249 Å². The van der Waals surface area contributed by atoms with Gasteiger partial charge in [-0.25, -0.2) is 0 Å². The quantitative estimate of drug-likeness (QED) is 0.0811. The summed E-state index contributed by atoms with van der Waals surface area (Å²) in [5, 5.41) is 6.61. The molecular weight excluding hydrogens is 529 g/mol. The zero-order valence-electron chi connectivity index (χ0n) is 24.3. The van der Waals surface area contributed by atoms with Gasteiger partial charge in [0.1, 0.15) is 0 Å². The molecule has 5 aromatic rings. The lowest BCUT2D eigenvalue weighted by Crippen LogP contribution is -2.77. The minimum Gasteiger partial charge on any atom is -0.439 e. The van der Waals surface area contributed by atoms with Crippen molar-refractivity contribution in [2.45, 2.75) is 51.5 Å². The van der Waals surface area contributed by atoms with E-state index in [-0.39, 0.29) is 0 Å². The highest BCUT2D eigenvalue weighted by atomic mass is 28.4. The van der Waals surface area contributed by atoms with Gasteiger partial charge in [-0.05, 0) is 32.0 Å². The Balaban J connectivity index is 1.75. The summed E-state index contributed by atoms with van der Waals surface area (Å²) in [7, 11) is -5.68. The molecule has 0 radical (unpaired) electrons. The fraction of sp³-hybridized carbons (Fsp3) is 0.211. The second kappa shape index (κ2) is 14.4. The highest BCUT2D eigenvalue weighted by Crippen LogP contribution is 2.24. The molecule has 0 saturated heterocycles. The van der Waals surface area contributed by atoms with Crippen LogP contribution >= 0.6 is 0 Å². The van der Waals surface area contributed by atoms with Gasteiger partial charge in [0.05, 0.1) is 0 Å². The molecule has 0 heterocycles. The summed E-state index contributed by atoms with van der Waals surface area (Å²) in [5.74, 6) is 0. The van der Waals surface area contributed by atoms with Gasteiger partial charge in [0.15, 0.2) is 0 Å². The molecule has 0 spiro atoms. The minimum atomic E-state index is -2.94. The topological polar surface area (TPSA) is 9.23 Å². The van der Waals surface area contributed by atoms with Gasteiger partial charge < -0.3 is 4.12 Å². The van der Waals surface area contributed by atoms with E-state index in [1.165, 1.54) is 64.5 Å². The molecule has 0 aromatic heterocycles. The molecule has 3 heteroatoms. The van der Waals surface area contributed by atoms with Crippen molar-refractivity contribution >= 4 is 42.6 Å². The second-order valence-electron chi connectivity index (χ2n) is 11.0. The molecule has 0 bridgehead atoms. The number of hydrogen-bond donors (Lipinski definition) is 0. The average molecular weight is 571 g/mol. The Kier molecular flexibility index (Phi) is 10.2. The molecule has 208 valence electrons. The second-order valence-corrected chi connectivity index (χ2v) is 18.2. The molecule has 0 atom stereocenters. The summed E-state index contributed by atoms with van der Waals surface area (Å²) in [6.45, 7) is 2.29. The Morgan fingerprint density at radius 1 is 0.390 bits per heavy atom. The van der Waals surface area contributed by atoms with Crippen molar-refractivity contribution in [3.63, 3.8) is 0 Å². The van der Waals surface area contributed by atoms with Gasteiger partial charge >= 0.3 is 0 Å². The Hall–Kier alpha value is -3.51. The molecule has 1 nitrogen and oxygen atoms in total. The lowest BCUT2D eigenvalue weighted by Gasteiger charge is -2.44. The maximum Gasteiger partial charge on any atom is 0.278 e. The van der Waals surface area contributed by atoms with Crippen LogP contribution in [-0.2, 0) is 4.12 Å². The van der Waals surface area contributed by atoms with Crippen molar-refractivity contribution in [1.82, 2.24) is 0 Å². The van der Waals surface area contributed by atoms with E-state index in [2.05, 4.69) is 159 Å². The molecule has 5 aromatic carbocycles. The van der Waals surface area contributed by atoms with E-state index < -0.39 is 16.6 Å². The van der Waals surface area contributed by atoms with Crippen molar-refractivity contribution in [3.05, 3.63) is 152 Å². The monoisotopic (exact) mass is 570 g/mol. The van der Waals surface area contributed by atoms with Gasteiger partial charge in [-0.3, -0.25) is 0 Å². The van der Waals surface area contributed by atoms with E-state index in [9.17, 15) is 0 Å². The molecule has 0 aliphatic carbocycles. The third kappa shape index (κ3) is 6.54. The van der Waals surface area contributed by atoms with Gasteiger partial charge in [-0.15, -0.1) is 0 Å². The maximum atomic E-state index is 8.26. The standard InChI is InChI=1S/C38H42OSi2/c1-2-3-4-5-6-22-33-40(34-23-12-7-13-24-34,35-25-14-8-15-26-35)39-41(36-27-16-9-17-28-36,37-29-18-10-19-30-37)38-31-20-11-21-32-38/h7-21,23-32H,2-6,22,33H2,1H3. The van der Waals surface area contributed by atoms with E-state index in [4.69, 9.17) is 4.12 Å². The smallest absolute Gasteiger partial charge is 0.278 e. The van der Waals surface area contributed by atoms with E-state index in [0.29, 0.717) is 0 Å². The Morgan fingerprint density at radius 2 is 0.707 bits per heavy atom. The summed E-state index contributed by atoms with van der Waals surface area (Å²) in [5.41, 5.74) is 0. The summed E-state index contributed by atoms with van der Waals surface area (Å²) in [6.07, 6.45) is 7.62. The molecule has 0 N–H and O–H groups in total. The molecule has 0 aliphatic heterocycles. The van der Waals surface area contributed by atoms with E-state index in [1.54, 1.807) is 0 Å². The van der Waals surface area contributed by atoms with Gasteiger partial charge in [-0.1, -0.05) is 197 Å². The summed E-state index contributed by atoms with van der Waals surface area (Å²) >= 11 is 0. The third-order valence-corrected chi connectivity index (χ3v) is 17.9. The van der Waals surface area contributed by atoms with E-state index in [1.807, 2.05) is 0 Å². The first kappa shape index (κ1) is 29.0. The van der Waals surface area contributed by atoms with E-state index >= 15 is 0 Å². The fourth-order valence-corrected chi connectivity index (χ4v) is 17.1. The minimum absolute atomic E-state index is 1.06. The van der Waals surface area contributed by atoms with Crippen LogP contribution in [0.15, 0.2) is 152 Å². The number of hydrogen-bond acceptors (Lipinski definition) is 1. The van der Waals surface area contributed by atoms with Gasteiger partial charge in [0.2, 0.25) is 8.32 Å². The SMILES string of the molecule is CCCCCCCC[Si](O[Si](c1ccccc1)(c1ccccc1)c1ccccc1)(c1ccccc1)c1ccccc1. The maximum absolute atomic E-state index is 8.26. The van der Waals surface area contributed by atoms with Crippen LogP contribution in [0.5, 0.6) is 0 Å². The first-order valence-corrected chi connectivity index (χ1v) is 19.3. The van der Waals surface area contributed by atoms with Crippen LogP contribution in [0.2, 0.25) is 6.04 Å². The van der Waals surface area contributed by atoms with Crippen molar-refractivity contribution in [1.29, 1.82) is 0 Å². The number of unbranched alkanes of at least 4 members (excludes halogenated alkanes) is 5. The molecule has 0 fully saturated rings. The van der Waals surface area contributed by atoms with Crippen LogP contribution in [0.25, 0.3) is 0 Å². The summed E-state index contributed by atoms with van der Waals surface area (Å²) in [4.78, 5) is 0. The first-order valence-electron chi connectivity index (χ1n) is 15.3. The molecule has 0 aliphatic rings. The summed E-state index contributed by atoms with van der Waals surface area (Å²) < 4.78 is 8.26.